The van der Waals surface area contributed by atoms with E-state index in [1.54, 1.807) is 12.3 Å². The lowest BCUT2D eigenvalue weighted by molar-refractivity contribution is -0.0801. The Balaban J connectivity index is 1.87. The maximum atomic E-state index is 14.5. The average Bonchev–Trinajstić information content (AvgIpc) is 2.63. The molecule has 3 rings (SSSR count). The SMILES string of the molecule is COc1ccnc(NCC(c2c(F)cccc2F)N2CC(C)OC(C)C2)n1. The van der Waals surface area contributed by atoms with Gasteiger partial charge in [-0.1, -0.05) is 6.07 Å². The molecule has 1 N–H and O–H groups in total. The second-order valence-corrected chi connectivity index (χ2v) is 6.67. The third-order valence-electron chi connectivity index (χ3n) is 4.51. The smallest absolute Gasteiger partial charge is 0.226 e. The molecule has 1 aromatic carbocycles. The molecule has 1 saturated heterocycles. The van der Waals surface area contributed by atoms with Crippen molar-refractivity contribution in [1.82, 2.24) is 14.9 Å². The molecular formula is C19H24F2N4O2. The van der Waals surface area contributed by atoms with Gasteiger partial charge in [-0.15, -0.1) is 0 Å². The molecule has 0 radical (unpaired) electrons. The van der Waals surface area contributed by atoms with Crippen LogP contribution >= 0.6 is 0 Å². The van der Waals surface area contributed by atoms with Crippen LogP contribution in [-0.4, -0.2) is 53.8 Å². The molecule has 2 aromatic rings. The van der Waals surface area contributed by atoms with Crippen LogP contribution in [0.25, 0.3) is 0 Å². The van der Waals surface area contributed by atoms with Crippen molar-refractivity contribution < 1.29 is 18.3 Å². The van der Waals surface area contributed by atoms with E-state index in [1.807, 2.05) is 18.7 Å². The van der Waals surface area contributed by atoms with Gasteiger partial charge in [-0.05, 0) is 26.0 Å². The molecule has 3 atom stereocenters. The van der Waals surface area contributed by atoms with Crippen molar-refractivity contribution in [2.45, 2.75) is 32.1 Å². The molecular weight excluding hydrogens is 354 g/mol. The molecule has 0 saturated carbocycles. The minimum atomic E-state index is -0.569. The van der Waals surface area contributed by atoms with E-state index in [2.05, 4.69) is 15.3 Å². The van der Waals surface area contributed by atoms with Crippen molar-refractivity contribution in [3.8, 4) is 5.88 Å². The van der Waals surface area contributed by atoms with Crippen LogP contribution in [0.15, 0.2) is 30.5 Å². The zero-order valence-electron chi connectivity index (χ0n) is 15.7. The molecule has 0 amide bonds. The molecule has 0 aliphatic carbocycles. The zero-order valence-corrected chi connectivity index (χ0v) is 15.7. The summed E-state index contributed by atoms with van der Waals surface area (Å²) in [6.07, 6.45) is 1.50. The predicted molar refractivity (Wildman–Crippen MR) is 97.8 cm³/mol. The Morgan fingerprint density at radius 1 is 1.22 bits per heavy atom. The van der Waals surface area contributed by atoms with E-state index < -0.39 is 17.7 Å². The lowest BCUT2D eigenvalue weighted by atomic mass is 10.0. The predicted octanol–water partition coefficient (Wildman–Crippen LogP) is 3.03. The highest BCUT2D eigenvalue weighted by Gasteiger charge is 2.32. The lowest BCUT2D eigenvalue weighted by Gasteiger charge is -2.40. The van der Waals surface area contributed by atoms with Gasteiger partial charge in [-0.25, -0.2) is 13.8 Å². The van der Waals surface area contributed by atoms with Gasteiger partial charge >= 0.3 is 0 Å². The van der Waals surface area contributed by atoms with Gasteiger partial charge in [-0.3, -0.25) is 4.90 Å². The molecule has 6 nitrogen and oxygen atoms in total. The summed E-state index contributed by atoms with van der Waals surface area (Å²) in [4.78, 5) is 10.4. The Morgan fingerprint density at radius 3 is 2.52 bits per heavy atom. The van der Waals surface area contributed by atoms with Gasteiger partial charge in [0.05, 0.1) is 25.4 Å². The topological polar surface area (TPSA) is 59.5 Å². The summed E-state index contributed by atoms with van der Waals surface area (Å²) in [6, 6.07) is 5.02. The van der Waals surface area contributed by atoms with Crippen molar-refractivity contribution in [1.29, 1.82) is 0 Å². The van der Waals surface area contributed by atoms with E-state index in [0.717, 1.165) is 0 Å². The van der Waals surface area contributed by atoms with Crippen molar-refractivity contribution in [3.05, 3.63) is 47.7 Å². The zero-order chi connectivity index (χ0) is 19.4. The van der Waals surface area contributed by atoms with E-state index in [-0.39, 0.29) is 24.3 Å². The van der Waals surface area contributed by atoms with Gasteiger partial charge in [0.2, 0.25) is 11.8 Å². The maximum absolute atomic E-state index is 14.5. The van der Waals surface area contributed by atoms with Gasteiger partial charge in [0.1, 0.15) is 11.6 Å². The number of hydrogen-bond acceptors (Lipinski definition) is 6. The van der Waals surface area contributed by atoms with E-state index in [0.29, 0.717) is 24.9 Å². The summed E-state index contributed by atoms with van der Waals surface area (Å²) in [6.45, 7) is 5.30. The van der Waals surface area contributed by atoms with Gasteiger partial charge in [0.15, 0.2) is 0 Å². The van der Waals surface area contributed by atoms with E-state index in [4.69, 9.17) is 9.47 Å². The highest BCUT2D eigenvalue weighted by Crippen LogP contribution is 2.29. The van der Waals surface area contributed by atoms with Crippen LogP contribution in [-0.2, 0) is 4.74 Å². The Morgan fingerprint density at radius 2 is 1.89 bits per heavy atom. The normalized spacial score (nSPS) is 21.7. The van der Waals surface area contributed by atoms with Crippen LogP contribution in [0.4, 0.5) is 14.7 Å². The lowest BCUT2D eigenvalue weighted by Crippen LogP contribution is -2.48. The number of nitrogens with zero attached hydrogens (tertiary/aromatic N) is 3. The fraction of sp³-hybridized carbons (Fsp3) is 0.474. The second kappa shape index (κ2) is 8.58. The highest BCUT2D eigenvalue weighted by molar-refractivity contribution is 5.31. The molecule has 146 valence electrons. The molecule has 8 heteroatoms. The number of aromatic nitrogens is 2. The number of halogens is 2. The van der Waals surface area contributed by atoms with Crippen LogP contribution in [0.3, 0.4) is 0 Å². The monoisotopic (exact) mass is 378 g/mol. The number of ether oxygens (including phenoxy) is 2. The molecule has 0 bridgehead atoms. The standard InChI is InChI=1S/C19H24F2N4O2/c1-12-10-25(11-13(2)27-12)16(18-14(20)5-4-6-15(18)21)9-23-19-22-8-7-17(24-19)26-3/h4-8,12-13,16H,9-11H2,1-3H3,(H,22,23,24). The largest absolute Gasteiger partial charge is 0.481 e. The number of rotatable bonds is 6. The Bertz CT molecular complexity index is 747. The summed E-state index contributed by atoms with van der Waals surface area (Å²) in [5, 5.41) is 3.08. The molecule has 3 unspecified atom stereocenters. The summed E-state index contributed by atoms with van der Waals surface area (Å²) in [5.74, 6) is -0.388. The first-order chi connectivity index (χ1) is 13.0. The second-order valence-electron chi connectivity index (χ2n) is 6.67. The number of nitrogens with one attached hydrogen (secondary N) is 1. The summed E-state index contributed by atoms with van der Waals surface area (Å²) in [5.41, 5.74) is 0.0363. The Hall–Kier alpha value is -2.32. The number of hydrogen-bond donors (Lipinski definition) is 1. The first-order valence-electron chi connectivity index (χ1n) is 8.92. The van der Waals surface area contributed by atoms with Gasteiger partial charge < -0.3 is 14.8 Å². The molecule has 27 heavy (non-hydrogen) atoms. The van der Waals surface area contributed by atoms with Gasteiger partial charge in [0, 0.05) is 37.5 Å². The molecule has 0 spiro atoms. The number of benzene rings is 1. The minimum absolute atomic E-state index is 0.0286. The minimum Gasteiger partial charge on any atom is -0.481 e. The van der Waals surface area contributed by atoms with Crippen molar-refractivity contribution in [2.75, 3.05) is 32.1 Å². The van der Waals surface area contributed by atoms with Crippen molar-refractivity contribution >= 4 is 5.95 Å². The number of anilines is 1. The molecule has 1 aromatic heterocycles. The first-order valence-corrected chi connectivity index (χ1v) is 8.92. The maximum Gasteiger partial charge on any atom is 0.226 e. The first kappa shape index (κ1) is 19.4. The fourth-order valence-corrected chi connectivity index (χ4v) is 3.44. The van der Waals surface area contributed by atoms with Crippen LogP contribution < -0.4 is 10.1 Å². The van der Waals surface area contributed by atoms with Crippen LogP contribution in [0.5, 0.6) is 5.88 Å². The third kappa shape index (κ3) is 4.70. The molecule has 1 aliphatic rings. The molecule has 1 aliphatic heterocycles. The molecule has 1 fully saturated rings. The molecule has 2 heterocycles. The third-order valence-corrected chi connectivity index (χ3v) is 4.51. The summed E-state index contributed by atoms with van der Waals surface area (Å²) in [7, 11) is 1.51. The number of morpholine rings is 1. The summed E-state index contributed by atoms with van der Waals surface area (Å²) < 4.78 is 39.9. The van der Waals surface area contributed by atoms with Gasteiger partial charge in [-0.2, -0.15) is 4.98 Å². The average molecular weight is 378 g/mol. The van der Waals surface area contributed by atoms with Crippen LogP contribution in [0, 0.1) is 11.6 Å². The van der Waals surface area contributed by atoms with Crippen LogP contribution in [0.2, 0.25) is 0 Å². The Kier molecular flexibility index (Phi) is 6.18. The highest BCUT2D eigenvalue weighted by atomic mass is 19.1. The van der Waals surface area contributed by atoms with Crippen molar-refractivity contribution in [2.24, 2.45) is 0 Å². The Labute approximate surface area is 157 Å². The van der Waals surface area contributed by atoms with E-state index in [9.17, 15) is 8.78 Å². The quantitative estimate of drug-likeness (QED) is 0.834. The van der Waals surface area contributed by atoms with E-state index >= 15 is 0 Å². The fourth-order valence-electron chi connectivity index (χ4n) is 3.44. The van der Waals surface area contributed by atoms with E-state index in [1.165, 1.54) is 25.3 Å². The number of methoxy groups -OCH3 is 1. The van der Waals surface area contributed by atoms with Gasteiger partial charge in [0.25, 0.3) is 0 Å². The van der Waals surface area contributed by atoms with Crippen LogP contribution in [0.1, 0.15) is 25.5 Å². The van der Waals surface area contributed by atoms with Crippen molar-refractivity contribution in [3.63, 3.8) is 0 Å². The summed E-state index contributed by atoms with van der Waals surface area (Å²) >= 11 is 0.